The molecule has 0 saturated carbocycles. The maximum atomic E-state index is 5.49. The quantitative estimate of drug-likeness (QED) is 0.754. The first-order chi connectivity index (χ1) is 7.42. The monoisotopic (exact) mass is 199 g/mol. The fourth-order valence-corrected chi connectivity index (χ4v) is 1.69. The smallest absolute Gasteiger partial charge is 0.148 e. The lowest BCUT2D eigenvalue weighted by Gasteiger charge is -2.15. The second-order valence-electron chi connectivity index (χ2n) is 3.39. The fraction of sp³-hybridized carbons (Fsp3) is 0.231. The normalized spacial score (nSPS) is 18.2. The van der Waals surface area contributed by atoms with E-state index < -0.39 is 0 Å². The van der Waals surface area contributed by atoms with E-state index in [1.54, 1.807) is 0 Å². The molecule has 1 N–H and O–H groups in total. The maximum Gasteiger partial charge on any atom is 0.148 e. The number of hydrogen-bond acceptors (Lipinski definition) is 2. The fourth-order valence-electron chi connectivity index (χ4n) is 1.69. The van der Waals surface area contributed by atoms with Crippen molar-refractivity contribution in [1.82, 2.24) is 5.32 Å². The zero-order valence-electron chi connectivity index (χ0n) is 8.44. The zero-order chi connectivity index (χ0) is 10.5. The Kier molecular flexibility index (Phi) is 2.94. The summed E-state index contributed by atoms with van der Waals surface area (Å²) in [5, 5.41) is 3.28. The van der Waals surface area contributed by atoms with E-state index in [-0.39, 0.29) is 0 Å². The molecule has 0 bridgehead atoms. The number of nitrogens with one attached hydrogen (secondary N) is 1. The maximum absolute atomic E-state index is 5.49. The summed E-state index contributed by atoms with van der Waals surface area (Å²) in [6.07, 6.45) is 10.3. The molecule has 2 rings (SSSR count). The van der Waals surface area contributed by atoms with Gasteiger partial charge in [-0.3, -0.25) is 0 Å². The number of para-hydroxylation sites is 1. The highest BCUT2D eigenvalue weighted by molar-refractivity contribution is 5.37. The van der Waals surface area contributed by atoms with Crippen molar-refractivity contribution in [2.75, 3.05) is 6.61 Å². The Hall–Kier alpha value is -1.88. The second kappa shape index (κ2) is 4.56. The minimum Gasteiger partial charge on any atom is -0.481 e. The average molecular weight is 199 g/mol. The summed E-state index contributed by atoms with van der Waals surface area (Å²) in [6, 6.07) is 8.30. The number of terminal acetylenes is 1. The summed E-state index contributed by atoms with van der Waals surface area (Å²) in [5.74, 6) is 3.35. The van der Waals surface area contributed by atoms with Gasteiger partial charge in [0.05, 0.1) is 6.04 Å². The van der Waals surface area contributed by atoms with Crippen LogP contribution in [0.4, 0.5) is 0 Å². The molecule has 0 amide bonds. The largest absolute Gasteiger partial charge is 0.481 e. The standard InChI is InChI=1S/C13H13NO/c1-2-10-15-13-8-4-3-6-11(13)12-7-5-9-14-12/h1,3-6,8-9,12,14H,7,10H2. The van der Waals surface area contributed by atoms with Crippen molar-refractivity contribution in [1.29, 1.82) is 0 Å². The molecule has 2 heteroatoms. The predicted molar refractivity (Wildman–Crippen MR) is 60.4 cm³/mol. The van der Waals surface area contributed by atoms with Crippen LogP contribution in [-0.4, -0.2) is 6.61 Å². The van der Waals surface area contributed by atoms with E-state index in [9.17, 15) is 0 Å². The van der Waals surface area contributed by atoms with Crippen molar-refractivity contribution in [2.45, 2.75) is 12.5 Å². The molecule has 0 aliphatic carbocycles. The summed E-state index contributed by atoms with van der Waals surface area (Å²) >= 11 is 0. The van der Waals surface area contributed by atoms with Crippen LogP contribution in [0, 0.1) is 12.3 Å². The van der Waals surface area contributed by atoms with Crippen LogP contribution in [-0.2, 0) is 0 Å². The topological polar surface area (TPSA) is 21.3 Å². The molecule has 0 spiro atoms. The van der Waals surface area contributed by atoms with Crippen molar-refractivity contribution in [3.05, 3.63) is 42.1 Å². The molecule has 1 aliphatic heterocycles. The molecule has 1 atom stereocenters. The molecule has 15 heavy (non-hydrogen) atoms. The number of benzene rings is 1. The summed E-state index contributed by atoms with van der Waals surface area (Å²) < 4.78 is 5.49. The SMILES string of the molecule is C#CCOc1ccccc1C1CC=CN1. The highest BCUT2D eigenvalue weighted by Crippen LogP contribution is 2.29. The van der Waals surface area contributed by atoms with Crippen LogP contribution in [0.3, 0.4) is 0 Å². The second-order valence-corrected chi connectivity index (χ2v) is 3.39. The van der Waals surface area contributed by atoms with Gasteiger partial charge in [-0.1, -0.05) is 30.2 Å². The van der Waals surface area contributed by atoms with Crippen LogP contribution in [0.2, 0.25) is 0 Å². The summed E-state index contributed by atoms with van der Waals surface area (Å²) in [5.41, 5.74) is 1.16. The van der Waals surface area contributed by atoms with Gasteiger partial charge in [0, 0.05) is 5.56 Å². The minimum absolute atomic E-state index is 0.317. The van der Waals surface area contributed by atoms with Crippen LogP contribution in [0.1, 0.15) is 18.0 Å². The van der Waals surface area contributed by atoms with Crippen LogP contribution < -0.4 is 10.1 Å². The van der Waals surface area contributed by atoms with Gasteiger partial charge in [0.25, 0.3) is 0 Å². The van der Waals surface area contributed by atoms with E-state index in [2.05, 4.69) is 23.4 Å². The molecular weight excluding hydrogens is 186 g/mol. The molecule has 76 valence electrons. The van der Waals surface area contributed by atoms with Crippen LogP contribution in [0.15, 0.2) is 36.5 Å². The Balaban J connectivity index is 2.18. The Morgan fingerprint density at radius 3 is 3.07 bits per heavy atom. The molecule has 0 radical (unpaired) electrons. The molecule has 1 unspecified atom stereocenters. The molecule has 1 aromatic carbocycles. The van der Waals surface area contributed by atoms with Gasteiger partial charge in [-0.2, -0.15) is 0 Å². The van der Waals surface area contributed by atoms with E-state index in [0.29, 0.717) is 12.6 Å². The first kappa shape index (κ1) is 9.67. The van der Waals surface area contributed by atoms with Gasteiger partial charge in [0.15, 0.2) is 0 Å². The Bertz CT molecular complexity index is 395. The van der Waals surface area contributed by atoms with E-state index in [4.69, 9.17) is 11.2 Å². The van der Waals surface area contributed by atoms with E-state index in [1.807, 2.05) is 24.4 Å². The van der Waals surface area contributed by atoms with E-state index in [1.165, 1.54) is 0 Å². The number of hydrogen-bond donors (Lipinski definition) is 1. The highest BCUT2D eigenvalue weighted by atomic mass is 16.5. The van der Waals surface area contributed by atoms with Crippen molar-refractivity contribution in [3.8, 4) is 18.1 Å². The molecule has 1 heterocycles. The third-order valence-electron chi connectivity index (χ3n) is 2.39. The molecule has 0 aromatic heterocycles. The van der Waals surface area contributed by atoms with Crippen LogP contribution in [0.25, 0.3) is 0 Å². The Morgan fingerprint density at radius 1 is 1.47 bits per heavy atom. The van der Waals surface area contributed by atoms with Crippen molar-refractivity contribution in [3.63, 3.8) is 0 Å². The van der Waals surface area contributed by atoms with E-state index in [0.717, 1.165) is 17.7 Å². The lowest BCUT2D eigenvalue weighted by Crippen LogP contribution is -2.11. The van der Waals surface area contributed by atoms with Gasteiger partial charge in [0.2, 0.25) is 0 Å². The first-order valence-electron chi connectivity index (χ1n) is 4.98. The highest BCUT2D eigenvalue weighted by Gasteiger charge is 2.15. The van der Waals surface area contributed by atoms with Gasteiger partial charge in [-0.25, -0.2) is 0 Å². The lowest BCUT2D eigenvalue weighted by atomic mass is 10.0. The van der Waals surface area contributed by atoms with Gasteiger partial charge in [-0.05, 0) is 18.7 Å². The molecular formula is C13H13NO. The average Bonchev–Trinajstić information content (AvgIpc) is 2.80. The molecule has 1 aliphatic rings. The number of rotatable bonds is 3. The Labute approximate surface area is 90.0 Å². The van der Waals surface area contributed by atoms with Crippen molar-refractivity contribution in [2.24, 2.45) is 0 Å². The van der Waals surface area contributed by atoms with Gasteiger partial charge in [0.1, 0.15) is 12.4 Å². The Morgan fingerprint density at radius 2 is 2.33 bits per heavy atom. The minimum atomic E-state index is 0.317. The van der Waals surface area contributed by atoms with Gasteiger partial charge in [-0.15, -0.1) is 6.42 Å². The van der Waals surface area contributed by atoms with Crippen LogP contribution in [0.5, 0.6) is 5.75 Å². The summed E-state index contributed by atoms with van der Waals surface area (Å²) in [4.78, 5) is 0. The van der Waals surface area contributed by atoms with Crippen LogP contribution >= 0.6 is 0 Å². The lowest BCUT2D eigenvalue weighted by molar-refractivity contribution is 0.362. The predicted octanol–water partition coefficient (Wildman–Crippen LogP) is 2.25. The summed E-state index contributed by atoms with van der Waals surface area (Å²) in [6.45, 7) is 0.317. The number of ether oxygens (including phenoxy) is 1. The van der Waals surface area contributed by atoms with Crippen molar-refractivity contribution < 1.29 is 4.74 Å². The van der Waals surface area contributed by atoms with Crippen molar-refractivity contribution >= 4 is 0 Å². The zero-order valence-corrected chi connectivity index (χ0v) is 8.44. The first-order valence-corrected chi connectivity index (χ1v) is 4.98. The summed E-state index contributed by atoms with van der Waals surface area (Å²) in [7, 11) is 0. The van der Waals surface area contributed by atoms with E-state index >= 15 is 0 Å². The third-order valence-corrected chi connectivity index (χ3v) is 2.39. The molecule has 1 aromatic rings. The van der Waals surface area contributed by atoms with Gasteiger partial charge < -0.3 is 10.1 Å². The van der Waals surface area contributed by atoms with Gasteiger partial charge >= 0.3 is 0 Å². The molecule has 0 saturated heterocycles. The third kappa shape index (κ3) is 2.13. The molecule has 0 fully saturated rings. The molecule has 2 nitrogen and oxygen atoms in total.